The number of nitrogens with one attached hydrogen (secondary N) is 1. The van der Waals surface area contributed by atoms with E-state index in [2.05, 4.69) is 47.1 Å². The number of anilines is 1. The monoisotopic (exact) mass is 409 g/mol. The molecule has 136 valence electrons. The number of esters is 1. The topological polar surface area (TPSA) is 65.4 Å². The quantitative estimate of drug-likeness (QED) is 0.765. The maximum absolute atomic E-state index is 12.2. The second-order valence-electron chi connectivity index (χ2n) is 6.74. The number of nitrogens with zero attached hydrogens (tertiary/aromatic N) is 2. The van der Waals surface area contributed by atoms with Gasteiger partial charge in [-0.05, 0) is 34.2 Å². The van der Waals surface area contributed by atoms with Crippen molar-refractivity contribution in [2.75, 3.05) is 19.5 Å². The average Bonchev–Trinajstić information content (AvgIpc) is 2.74. The molecule has 1 aromatic heterocycles. The van der Waals surface area contributed by atoms with Crippen molar-refractivity contribution in [1.82, 2.24) is 9.78 Å². The number of methoxy groups -OCH3 is 2. The molecule has 1 N–H and O–H groups in total. The Bertz CT molecular complexity index is 767. The number of halogens is 1. The van der Waals surface area contributed by atoms with E-state index in [0.29, 0.717) is 23.5 Å². The van der Waals surface area contributed by atoms with Gasteiger partial charge in [-0.25, -0.2) is 4.79 Å². The zero-order chi connectivity index (χ0) is 18.8. The van der Waals surface area contributed by atoms with Crippen LogP contribution in [0.3, 0.4) is 0 Å². The lowest BCUT2D eigenvalue weighted by Gasteiger charge is -2.15. The van der Waals surface area contributed by atoms with Gasteiger partial charge in [-0.1, -0.05) is 20.8 Å². The number of aryl methyl sites for hydroxylation is 1. The molecule has 6 nitrogen and oxygen atoms in total. The molecule has 2 rings (SSSR count). The molecule has 7 heteroatoms. The Morgan fingerprint density at radius 1 is 1.32 bits per heavy atom. The van der Waals surface area contributed by atoms with E-state index in [1.165, 1.54) is 7.11 Å². The zero-order valence-electron chi connectivity index (χ0n) is 15.4. The third-order valence-electron chi connectivity index (χ3n) is 3.87. The number of hydrogen-bond acceptors (Lipinski definition) is 5. The van der Waals surface area contributed by atoms with Gasteiger partial charge in [-0.2, -0.15) is 5.10 Å². The Labute approximate surface area is 156 Å². The minimum atomic E-state index is -0.380. The minimum absolute atomic E-state index is 0.111. The molecule has 1 aliphatic rings. The number of hydrogen-bond donors (Lipinski definition) is 1. The first-order chi connectivity index (χ1) is 11.7. The number of aromatic nitrogens is 2. The van der Waals surface area contributed by atoms with Gasteiger partial charge in [0.2, 0.25) is 0 Å². The van der Waals surface area contributed by atoms with Crippen molar-refractivity contribution < 1.29 is 14.3 Å². The fourth-order valence-corrected chi connectivity index (χ4v) is 3.50. The second kappa shape index (κ2) is 7.47. The summed E-state index contributed by atoms with van der Waals surface area (Å²) in [6.07, 6.45) is 5.88. The Morgan fingerprint density at radius 2 is 2.00 bits per heavy atom. The molecule has 0 saturated carbocycles. The highest BCUT2D eigenvalue weighted by atomic mass is 79.9. The number of carbonyl (C=O) groups is 1. The predicted octanol–water partition coefficient (Wildman–Crippen LogP) is 3.81. The van der Waals surface area contributed by atoms with Crippen LogP contribution in [0.5, 0.6) is 0 Å². The van der Waals surface area contributed by atoms with Crippen LogP contribution in [0.4, 0.5) is 5.82 Å². The van der Waals surface area contributed by atoms with Crippen LogP contribution in [0.15, 0.2) is 39.7 Å². The Hall–Kier alpha value is -2.02. The lowest BCUT2D eigenvalue weighted by Crippen LogP contribution is -2.13. The highest BCUT2D eigenvalue weighted by Gasteiger charge is 2.26. The largest absolute Gasteiger partial charge is 0.497 e. The van der Waals surface area contributed by atoms with E-state index in [-0.39, 0.29) is 11.4 Å². The van der Waals surface area contributed by atoms with Crippen molar-refractivity contribution in [2.45, 2.75) is 32.6 Å². The van der Waals surface area contributed by atoms with Crippen molar-refractivity contribution in [2.24, 2.45) is 7.05 Å². The molecule has 0 saturated heterocycles. The smallest absolute Gasteiger partial charge is 0.336 e. The maximum atomic E-state index is 12.2. The molecular formula is C18H24BrN3O3. The van der Waals surface area contributed by atoms with Gasteiger partial charge in [0.1, 0.15) is 11.6 Å². The summed E-state index contributed by atoms with van der Waals surface area (Å²) in [5.41, 5.74) is 2.00. The van der Waals surface area contributed by atoms with E-state index in [1.807, 2.05) is 25.3 Å². The molecular weight excluding hydrogens is 386 g/mol. The van der Waals surface area contributed by atoms with Gasteiger partial charge < -0.3 is 14.8 Å². The third kappa shape index (κ3) is 4.15. The summed E-state index contributed by atoms with van der Waals surface area (Å²) in [5, 5.41) is 7.91. The number of ether oxygens (including phenoxy) is 2. The summed E-state index contributed by atoms with van der Waals surface area (Å²) in [4.78, 5) is 12.2. The van der Waals surface area contributed by atoms with E-state index in [4.69, 9.17) is 9.47 Å². The van der Waals surface area contributed by atoms with Crippen LogP contribution >= 0.6 is 15.9 Å². The first-order valence-corrected chi connectivity index (χ1v) is 8.72. The van der Waals surface area contributed by atoms with Gasteiger partial charge in [0, 0.05) is 18.9 Å². The summed E-state index contributed by atoms with van der Waals surface area (Å²) < 4.78 is 12.8. The van der Waals surface area contributed by atoms with Crippen molar-refractivity contribution in [3.05, 3.63) is 45.4 Å². The van der Waals surface area contributed by atoms with E-state index < -0.39 is 0 Å². The molecule has 0 radical (unpaired) electrons. The molecule has 0 aromatic carbocycles. The van der Waals surface area contributed by atoms with Crippen molar-refractivity contribution >= 4 is 27.7 Å². The molecule has 1 heterocycles. The molecule has 0 unspecified atom stereocenters. The highest BCUT2D eigenvalue weighted by Crippen LogP contribution is 2.35. The number of rotatable bonds is 4. The van der Waals surface area contributed by atoms with Crippen LogP contribution < -0.4 is 5.32 Å². The highest BCUT2D eigenvalue weighted by molar-refractivity contribution is 9.10. The van der Waals surface area contributed by atoms with Gasteiger partial charge >= 0.3 is 5.97 Å². The fraction of sp³-hybridized carbons (Fsp3) is 0.444. The molecule has 25 heavy (non-hydrogen) atoms. The summed E-state index contributed by atoms with van der Waals surface area (Å²) >= 11 is 3.64. The van der Waals surface area contributed by atoms with Gasteiger partial charge in [-0.3, -0.25) is 4.68 Å². The van der Waals surface area contributed by atoms with Gasteiger partial charge in [0.25, 0.3) is 0 Å². The SMILES string of the molecule is COC(=O)C1=C(Nc2c(Br)c(C(C)(C)C)nn2C)C=CC(OC)=CC1. The lowest BCUT2D eigenvalue weighted by atomic mass is 9.92. The van der Waals surface area contributed by atoms with Crippen molar-refractivity contribution in [3.8, 4) is 0 Å². The Balaban J connectivity index is 2.47. The number of allylic oxidation sites excluding steroid dienone is 3. The van der Waals surface area contributed by atoms with Crippen LogP contribution in [0.1, 0.15) is 32.9 Å². The first-order valence-electron chi connectivity index (χ1n) is 7.92. The van der Waals surface area contributed by atoms with Gasteiger partial charge in [-0.15, -0.1) is 0 Å². The van der Waals surface area contributed by atoms with Gasteiger partial charge in [0.05, 0.1) is 35.7 Å². The standard InChI is InChI=1S/C18H24BrN3O3/c1-18(2,3)15-14(19)16(22(4)21-15)20-13-10-8-11(24-5)7-9-12(13)17(23)25-6/h7-8,10,20H,9H2,1-6H3. The van der Waals surface area contributed by atoms with Crippen molar-refractivity contribution in [1.29, 1.82) is 0 Å². The molecule has 0 aliphatic heterocycles. The van der Waals surface area contributed by atoms with E-state index >= 15 is 0 Å². The fourth-order valence-electron chi connectivity index (χ4n) is 2.47. The van der Waals surface area contributed by atoms with Crippen LogP contribution in [0.25, 0.3) is 0 Å². The third-order valence-corrected chi connectivity index (χ3v) is 4.62. The summed E-state index contributed by atoms with van der Waals surface area (Å²) in [6, 6.07) is 0. The maximum Gasteiger partial charge on any atom is 0.336 e. The molecule has 1 aliphatic carbocycles. The van der Waals surface area contributed by atoms with Crippen LogP contribution in [0, 0.1) is 0 Å². The molecule has 0 bridgehead atoms. The number of carbonyl (C=O) groups excluding carboxylic acids is 1. The van der Waals surface area contributed by atoms with Crippen LogP contribution in [-0.4, -0.2) is 30.0 Å². The average molecular weight is 410 g/mol. The predicted molar refractivity (Wildman–Crippen MR) is 101 cm³/mol. The van der Waals surface area contributed by atoms with E-state index in [1.54, 1.807) is 11.8 Å². The van der Waals surface area contributed by atoms with Crippen molar-refractivity contribution in [3.63, 3.8) is 0 Å². The molecule has 0 atom stereocenters. The summed E-state index contributed by atoms with van der Waals surface area (Å²) in [5.74, 6) is 1.08. The van der Waals surface area contributed by atoms with Crippen LogP contribution in [0.2, 0.25) is 0 Å². The summed E-state index contributed by atoms with van der Waals surface area (Å²) in [7, 11) is 4.83. The summed E-state index contributed by atoms with van der Waals surface area (Å²) in [6.45, 7) is 6.30. The van der Waals surface area contributed by atoms with Crippen LogP contribution in [-0.2, 0) is 26.7 Å². The minimum Gasteiger partial charge on any atom is -0.497 e. The van der Waals surface area contributed by atoms with Gasteiger partial charge in [0.15, 0.2) is 0 Å². The first kappa shape index (κ1) is 19.3. The molecule has 0 spiro atoms. The van der Waals surface area contributed by atoms with E-state index in [9.17, 15) is 4.79 Å². The Morgan fingerprint density at radius 3 is 2.52 bits per heavy atom. The normalized spacial score (nSPS) is 14.9. The molecule has 0 amide bonds. The van der Waals surface area contributed by atoms with E-state index in [0.717, 1.165) is 16.0 Å². The lowest BCUT2D eigenvalue weighted by molar-refractivity contribution is -0.136. The second-order valence-corrected chi connectivity index (χ2v) is 7.53. The molecule has 0 fully saturated rings. The zero-order valence-corrected chi connectivity index (χ0v) is 17.0. The molecule has 1 aromatic rings. The Kier molecular flexibility index (Phi) is 5.77.